The molecule has 4 nitrogen and oxygen atoms in total. The Morgan fingerprint density at radius 1 is 0.966 bits per heavy atom. The molecule has 5 heteroatoms. The van der Waals surface area contributed by atoms with Gasteiger partial charge in [0.2, 0.25) is 5.91 Å². The van der Waals surface area contributed by atoms with E-state index in [1.165, 1.54) is 17.7 Å². The Morgan fingerprint density at radius 2 is 1.66 bits per heavy atom. The Hall–Kier alpha value is -2.24. The van der Waals surface area contributed by atoms with E-state index in [9.17, 15) is 9.18 Å². The predicted molar refractivity (Wildman–Crippen MR) is 113 cm³/mol. The van der Waals surface area contributed by atoms with Crippen LogP contribution in [-0.2, 0) is 17.9 Å². The molecule has 0 unspecified atom stereocenters. The Kier molecular flexibility index (Phi) is 6.57. The van der Waals surface area contributed by atoms with E-state index in [2.05, 4.69) is 39.4 Å². The van der Waals surface area contributed by atoms with Gasteiger partial charge in [0.05, 0.1) is 6.54 Å². The van der Waals surface area contributed by atoms with Crippen LogP contribution in [0, 0.1) is 5.82 Å². The number of hydrogen-bond acceptors (Lipinski definition) is 3. The number of carbonyl (C=O) groups excluding carboxylic acids is 1. The van der Waals surface area contributed by atoms with Crippen LogP contribution < -0.4 is 5.32 Å². The van der Waals surface area contributed by atoms with Crippen molar-refractivity contribution >= 4 is 5.91 Å². The molecule has 2 fully saturated rings. The molecule has 2 aromatic rings. The molecule has 0 aromatic heterocycles. The van der Waals surface area contributed by atoms with Crippen LogP contribution in [0.25, 0.3) is 0 Å². The molecule has 154 valence electrons. The first-order valence-corrected chi connectivity index (χ1v) is 10.7. The fourth-order valence-electron chi connectivity index (χ4n) is 4.11. The van der Waals surface area contributed by atoms with Crippen molar-refractivity contribution < 1.29 is 9.18 Å². The summed E-state index contributed by atoms with van der Waals surface area (Å²) in [5, 5.41) is 3.24. The predicted octanol–water partition coefficient (Wildman–Crippen LogP) is 3.57. The smallest absolute Gasteiger partial charge is 0.234 e. The van der Waals surface area contributed by atoms with Crippen LogP contribution in [0.4, 0.5) is 4.39 Å². The topological polar surface area (TPSA) is 35.6 Å². The van der Waals surface area contributed by atoms with Crippen LogP contribution >= 0.6 is 0 Å². The highest BCUT2D eigenvalue weighted by atomic mass is 19.1. The summed E-state index contributed by atoms with van der Waals surface area (Å²) in [6.07, 6.45) is 4.29. The maximum Gasteiger partial charge on any atom is 0.234 e. The summed E-state index contributed by atoms with van der Waals surface area (Å²) in [4.78, 5) is 17.3. The zero-order valence-corrected chi connectivity index (χ0v) is 16.9. The highest BCUT2D eigenvalue weighted by Gasteiger charge is 2.31. The van der Waals surface area contributed by atoms with E-state index in [1.807, 2.05) is 18.2 Å². The van der Waals surface area contributed by atoms with Gasteiger partial charge in [-0.05, 0) is 48.9 Å². The number of benzene rings is 2. The molecule has 29 heavy (non-hydrogen) atoms. The van der Waals surface area contributed by atoms with Crippen LogP contribution in [0.1, 0.15) is 36.8 Å². The third kappa shape index (κ3) is 6.12. The summed E-state index contributed by atoms with van der Waals surface area (Å²) in [7, 11) is 0. The zero-order chi connectivity index (χ0) is 20.1. The summed E-state index contributed by atoms with van der Waals surface area (Å²) in [5.41, 5.74) is 2.40. The minimum absolute atomic E-state index is 0.112. The van der Waals surface area contributed by atoms with Crippen LogP contribution in [0.2, 0.25) is 0 Å². The molecule has 0 spiro atoms. The number of carbonyl (C=O) groups is 1. The standard InChI is InChI=1S/C24H30FN3O/c25-21-8-6-20(7-9-21)17-28(23-10-11-23)18-24(29)26-22-12-14-27(15-13-22)16-19-4-2-1-3-5-19/h1-9,22-23H,10-18H2,(H,26,29). The molecule has 1 N–H and O–H groups in total. The van der Waals surface area contributed by atoms with Gasteiger partial charge in [0.15, 0.2) is 0 Å². The number of likely N-dealkylation sites (tertiary alicyclic amines) is 1. The molecule has 1 amide bonds. The number of nitrogens with zero attached hydrogens (tertiary/aromatic N) is 2. The van der Waals surface area contributed by atoms with Crippen molar-refractivity contribution in [2.45, 2.75) is 50.9 Å². The Balaban J connectivity index is 1.22. The lowest BCUT2D eigenvalue weighted by atomic mass is 10.0. The second-order valence-electron chi connectivity index (χ2n) is 8.37. The third-order valence-corrected chi connectivity index (χ3v) is 5.91. The number of amides is 1. The van der Waals surface area contributed by atoms with Crippen LogP contribution in [0.15, 0.2) is 54.6 Å². The largest absolute Gasteiger partial charge is 0.352 e. The molecular formula is C24H30FN3O. The average molecular weight is 396 g/mol. The van der Waals surface area contributed by atoms with Crippen molar-refractivity contribution in [3.8, 4) is 0 Å². The molecule has 1 aliphatic heterocycles. The molecule has 0 bridgehead atoms. The van der Waals surface area contributed by atoms with E-state index in [-0.39, 0.29) is 17.8 Å². The first-order valence-electron chi connectivity index (χ1n) is 10.7. The minimum Gasteiger partial charge on any atom is -0.352 e. The Morgan fingerprint density at radius 3 is 2.31 bits per heavy atom. The lowest BCUT2D eigenvalue weighted by Crippen LogP contribution is -2.47. The van der Waals surface area contributed by atoms with Crippen molar-refractivity contribution in [2.75, 3.05) is 19.6 Å². The molecule has 0 radical (unpaired) electrons. The molecule has 1 saturated heterocycles. The van der Waals surface area contributed by atoms with Gasteiger partial charge in [-0.15, -0.1) is 0 Å². The Labute approximate surface area is 172 Å². The van der Waals surface area contributed by atoms with Crippen molar-refractivity contribution in [3.63, 3.8) is 0 Å². The second kappa shape index (κ2) is 9.51. The fourth-order valence-corrected chi connectivity index (χ4v) is 4.11. The molecule has 1 saturated carbocycles. The Bertz CT molecular complexity index is 784. The van der Waals surface area contributed by atoms with Gasteiger partial charge in [-0.2, -0.15) is 0 Å². The van der Waals surface area contributed by atoms with Gasteiger partial charge in [-0.3, -0.25) is 14.6 Å². The monoisotopic (exact) mass is 395 g/mol. The normalized spacial score (nSPS) is 18.1. The van der Waals surface area contributed by atoms with Crippen LogP contribution in [-0.4, -0.2) is 47.4 Å². The lowest BCUT2D eigenvalue weighted by molar-refractivity contribution is -0.123. The first kappa shape index (κ1) is 20.0. The van der Waals surface area contributed by atoms with Gasteiger partial charge >= 0.3 is 0 Å². The number of rotatable bonds is 8. The van der Waals surface area contributed by atoms with E-state index in [1.54, 1.807) is 0 Å². The van der Waals surface area contributed by atoms with E-state index in [0.29, 0.717) is 19.1 Å². The lowest BCUT2D eigenvalue weighted by Gasteiger charge is -2.33. The second-order valence-corrected chi connectivity index (χ2v) is 8.37. The SMILES string of the molecule is O=C(CN(Cc1ccc(F)cc1)C1CC1)NC1CCN(Cc2ccccc2)CC1. The van der Waals surface area contributed by atoms with Gasteiger partial charge in [0.1, 0.15) is 5.82 Å². The molecular weight excluding hydrogens is 365 g/mol. The third-order valence-electron chi connectivity index (χ3n) is 5.91. The summed E-state index contributed by atoms with van der Waals surface area (Å²) >= 11 is 0. The van der Waals surface area contributed by atoms with Crippen LogP contribution in [0.3, 0.4) is 0 Å². The molecule has 1 aliphatic carbocycles. The van der Waals surface area contributed by atoms with E-state index in [0.717, 1.165) is 50.9 Å². The van der Waals surface area contributed by atoms with E-state index in [4.69, 9.17) is 0 Å². The summed E-state index contributed by atoms with van der Waals surface area (Å²) in [6, 6.07) is 17.9. The highest BCUT2D eigenvalue weighted by Crippen LogP contribution is 2.28. The summed E-state index contributed by atoms with van der Waals surface area (Å²) in [6.45, 7) is 4.14. The molecule has 0 atom stereocenters. The number of hydrogen-bond donors (Lipinski definition) is 1. The van der Waals surface area contributed by atoms with Crippen LogP contribution in [0.5, 0.6) is 0 Å². The van der Waals surface area contributed by atoms with E-state index >= 15 is 0 Å². The van der Waals surface area contributed by atoms with Crippen molar-refractivity contribution in [3.05, 3.63) is 71.5 Å². The van der Waals surface area contributed by atoms with Gasteiger partial charge < -0.3 is 5.32 Å². The minimum atomic E-state index is -0.219. The maximum atomic E-state index is 13.1. The quantitative estimate of drug-likeness (QED) is 0.742. The van der Waals surface area contributed by atoms with Gasteiger partial charge in [0, 0.05) is 38.3 Å². The average Bonchev–Trinajstić information content (AvgIpc) is 3.57. The molecule has 1 heterocycles. The first-order chi connectivity index (χ1) is 14.2. The molecule has 2 aromatic carbocycles. The summed E-state index contributed by atoms with van der Waals surface area (Å²) in [5.74, 6) is -0.108. The van der Waals surface area contributed by atoms with Gasteiger partial charge in [0.25, 0.3) is 0 Å². The van der Waals surface area contributed by atoms with Crippen molar-refractivity contribution in [1.29, 1.82) is 0 Å². The zero-order valence-electron chi connectivity index (χ0n) is 16.9. The maximum absolute atomic E-state index is 13.1. The van der Waals surface area contributed by atoms with E-state index < -0.39 is 0 Å². The van der Waals surface area contributed by atoms with Gasteiger partial charge in [-0.1, -0.05) is 42.5 Å². The van der Waals surface area contributed by atoms with Gasteiger partial charge in [-0.25, -0.2) is 4.39 Å². The highest BCUT2D eigenvalue weighted by molar-refractivity contribution is 5.78. The fraction of sp³-hybridized carbons (Fsp3) is 0.458. The molecule has 4 rings (SSSR count). The number of nitrogens with one attached hydrogen (secondary N) is 1. The van der Waals surface area contributed by atoms with Crippen molar-refractivity contribution in [2.24, 2.45) is 0 Å². The van der Waals surface area contributed by atoms with Crippen molar-refractivity contribution in [1.82, 2.24) is 15.1 Å². The summed E-state index contributed by atoms with van der Waals surface area (Å²) < 4.78 is 13.1. The molecule has 2 aliphatic rings. The number of piperidine rings is 1. The number of halogens is 1.